The van der Waals surface area contributed by atoms with Crippen molar-refractivity contribution in [3.63, 3.8) is 0 Å². The Hall–Kier alpha value is -5.81. The SMILES string of the molecule is CC1OC(=O)CN(C)C(=O)COC(=O)CN(C)C(=O)C(C)OC(=O)C(Cc2ccc(Cn3cc(C(C)C)cn3)cc2)N(C)C(=O)COC(=O)CN(C)C1=O. The lowest BCUT2D eigenvalue weighted by Crippen LogP contribution is -2.49. The van der Waals surface area contributed by atoms with Gasteiger partial charge in [0.2, 0.25) is 0 Å². The first-order chi connectivity index (χ1) is 25.4. The van der Waals surface area contributed by atoms with Gasteiger partial charge in [-0.25, -0.2) is 4.79 Å². The van der Waals surface area contributed by atoms with Gasteiger partial charge >= 0.3 is 23.9 Å². The zero-order chi connectivity index (χ0) is 40.3. The van der Waals surface area contributed by atoms with Crippen molar-refractivity contribution < 1.29 is 57.3 Å². The number of rotatable bonds is 5. The van der Waals surface area contributed by atoms with Gasteiger partial charge in [-0.1, -0.05) is 38.1 Å². The van der Waals surface area contributed by atoms with Crippen LogP contribution in [0.3, 0.4) is 0 Å². The van der Waals surface area contributed by atoms with E-state index < -0.39 is 98.6 Å². The van der Waals surface area contributed by atoms with Crippen LogP contribution in [0, 0.1) is 0 Å². The quantitative estimate of drug-likeness (QED) is 0.286. The summed E-state index contributed by atoms with van der Waals surface area (Å²) in [6.07, 6.45) is 0.969. The Morgan fingerprint density at radius 3 is 1.72 bits per heavy atom. The number of hydrogen-bond acceptors (Lipinski definition) is 13. The minimum Gasteiger partial charge on any atom is -0.454 e. The van der Waals surface area contributed by atoms with Crippen molar-refractivity contribution in [2.75, 3.05) is 61.0 Å². The molecule has 1 aliphatic rings. The van der Waals surface area contributed by atoms with Gasteiger partial charge in [0.1, 0.15) is 25.7 Å². The minimum absolute atomic E-state index is 0.0477. The van der Waals surface area contributed by atoms with E-state index >= 15 is 0 Å². The van der Waals surface area contributed by atoms with Crippen LogP contribution in [0.1, 0.15) is 50.3 Å². The number of esters is 4. The Bertz CT molecular complexity index is 1710. The molecule has 3 atom stereocenters. The Kier molecular flexibility index (Phi) is 15.2. The van der Waals surface area contributed by atoms with Crippen molar-refractivity contribution in [2.45, 2.75) is 64.8 Å². The standard InChI is InChI=1S/C36H48N6O12/c1-22(2)27-14-37-42(16-27)15-26-11-9-25(10-12-26)13-28-36(50)54-24(4)35(49)40(7)17-31(45)51-20-29(43)38(5)19-33(47)53-23(3)34(48)39(6)18-32(46)52-21-30(44)41(28)8/h9-12,14,16,22-24,28H,13,15,17-21H2,1-8H3. The number of carbonyl (C=O) groups excluding carboxylic acids is 8. The van der Waals surface area contributed by atoms with E-state index in [1.165, 1.54) is 42.0 Å². The van der Waals surface area contributed by atoms with E-state index in [-0.39, 0.29) is 6.42 Å². The highest BCUT2D eigenvalue weighted by Gasteiger charge is 2.33. The molecule has 0 aliphatic carbocycles. The molecule has 1 aromatic carbocycles. The summed E-state index contributed by atoms with van der Waals surface area (Å²) in [4.78, 5) is 106. The predicted molar refractivity (Wildman–Crippen MR) is 188 cm³/mol. The maximum absolute atomic E-state index is 13.6. The average molecular weight is 757 g/mol. The highest BCUT2D eigenvalue weighted by Crippen LogP contribution is 2.16. The van der Waals surface area contributed by atoms with E-state index in [2.05, 4.69) is 18.9 Å². The predicted octanol–water partition coefficient (Wildman–Crippen LogP) is -0.237. The molecule has 1 saturated heterocycles. The van der Waals surface area contributed by atoms with Crippen molar-refractivity contribution in [1.82, 2.24) is 29.4 Å². The van der Waals surface area contributed by atoms with Crippen LogP contribution in [0.25, 0.3) is 0 Å². The zero-order valence-electron chi connectivity index (χ0n) is 31.8. The van der Waals surface area contributed by atoms with Crippen LogP contribution in [-0.4, -0.2) is 156 Å². The summed E-state index contributed by atoms with van der Waals surface area (Å²) in [7, 11) is 5.07. The largest absolute Gasteiger partial charge is 0.454 e. The van der Waals surface area contributed by atoms with E-state index in [0.717, 1.165) is 30.7 Å². The molecule has 0 spiro atoms. The van der Waals surface area contributed by atoms with E-state index in [9.17, 15) is 38.4 Å². The van der Waals surface area contributed by atoms with E-state index in [1.807, 2.05) is 29.2 Å². The molecule has 3 rings (SSSR count). The Morgan fingerprint density at radius 1 is 0.685 bits per heavy atom. The number of amides is 4. The van der Waals surface area contributed by atoms with Gasteiger partial charge in [-0.2, -0.15) is 5.10 Å². The van der Waals surface area contributed by atoms with Gasteiger partial charge in [-0.05, 0) is 36.5 Å². The van der Waals surface area contributed by atoms with Gasteiger partial charge in [0.05, 0.1) is 12.7 Å². The normalized spacial score (nSPS) is 21.5. The highest BCUT2D eigenvalue weighted by molar-refractivity contribution is 5.91. The maximum Gasteiger partial charge on any atom is 0.329 e. The topological polar surface area (TPSA) is 204 Å². The molecule has 0 bridgehead atoms. The molecule has 2 heterocycles. The first kappa shape index (κ1) is 42.6. The van der Waals surface area contributed by atoms with E-state index in [0.29, 0.717) is 18.0 Å². The third kappa shape index (κ3) is 12.4. The molecule has 18 nitrogen and oxygen atoms in total. The van der Waals surface area contributed by atoms with Crippen LogP contribution in [0.4, 0.5) is 0 Å². The monoisotopic (exact) mass is 756 g/mol. The van der Waals surface area contributed by atoms with Crippen LogP contribution in [0.2, 0.25) is 0 Å². The van der Waals surface area contributed by atoms with E-state index in [4.69, 9.17) is 18.9 Å². The van der Waals surface area contributed by atoms with Gasteiger partial charge in [-0.3, -0.25) is 38.2 Å². The second kappa shape index (κ2) is 19.3. The number of cyclic esters (lactones) is 4. The second-order valence-corrected chi connectivity index (χ2v) is 13.3. The average Bonchev–Trinajstić information content (AvgIpc) is 3.59. The Morgan fingerprint density at radius 2 is 1.19 bits per heavy atom. The fourth-order valence-electron chi connectivity index (χ4n) is 5.13. The smallest absolute Gasteiger partial charge is 0.329 e. The molecule has 1 fully saturated rings. The summed E-state index contributed by atoms with van der Waals surface area (Å²) >= 11 is 0. The summed E-state index contributed by atoms with van der Waals surface area (Å²) in [5, 5.41) is 4.40. The van der Waals surface area contributed by atoms with Crippen LogP contribution in [-0.2, 0) is 70.3 Å². The second-order valence-electron chi connectivity index (χ2n) is 13.3. The molecule has 3 unspecified atom stereocenters. The molecule has 1 aliphatic heterocycles. The minimum atomic E-state index is -1.41. The molecule has 0 N–H and O–H groups in total. The number of likely N-dealkylation sites (N-methyl/N-ethyl adjacent to an activating group) is 4. The lowest BCUT2D eigenvalue weighted by Gasteiger charge is -2.29. The summed E-state index contributed by atoms with van der Waals surface area (Å²) < 4.78 is 22.5. The number of hydrogen-bond donors (Lipinski definition) is 0. The first-order valence-corrected chi connectivity index (χ1v) is 17.2. The molecular weight excluding hydrogens is 708 g/mol. The van der Waals surface area contributed by atoms with Crippen molar-refractivity contribution in [3.05, 3.63) is 53.3 Å². The summed E-state index contributed by atoms with van der Waals surface area (Å²) in [6, 6.07) is 5.97. The molecule has 2 aromatic rings. The van der Waals surface area contributed by atoms with Crippen LogP contribution in [0.5, 0.6) is 0 Å². The Labute approximate surface area is 313 Å². The Balaban J connectivity index is 1.82. The number of aromatic nitrogens is 2. The fraction of sp³-hybridized carbons (Fsp3) is 0.528. The maximum atomic E-state index is 13.6. The van der Waals surface area contributed by atoms with Crippen molar-refractivity contribution in [2.24, 2.45) is 0 Å². The number of carbonyl (C=O) groups is 8. The summed E-state index contributed by atoms with van der Waals surface area (Å²) in [5.41, 5.74) is 2.67. The number of ether oxygens (including phenoxy) is 4. The summed E-state index contributed by atoms with van der Waals surface area (Å²) in [6.45, 7) is 3.84. The third-order valence-corrected chi connectivity index (χ3v) is 8.54. The van der Waals surface area contributed by atoms with Crippen LogP contribution >= 0.6 is 0 Å². The van der Waals surface area contributed by atoms with Gasteiger partial charge in [0.15, 0.2) is 25.4 Å². The van der Waals surface area contributed by atoms with Crippen LogP contribution < -0.4 is 0 Å². The van der Waals surface area contributed by atoms with Gasteiger partial charge in [0, 0.05) is 40.8 Å². The molecule has 54 heavy (non-hydrogen) atoms. The van der Waals surface area contributed by atoms with Crippen LogP contribution in [0.15, 0.2) is 36.7 Å². The first-order valence-electron chi connectivity index (χ1n) is 17.2. The van der Waals surface area contributed by atoms with Gasteiger partial charge in [0.25, 0.3) is 23.6 Å². The zero-order valence-corrected chi connectivity index (χ0v) is 31.8. The van der Waals surface area contributed by atoms with Gasteiger partial charge in [-0.15, -0.1) is 0 Å². The lowest BCUT2D eigenvalue weighted by atomic mass is 10.0. The molecule has 4 amide bonds. The molecule has 0 radical (unpaired) electrons. The van der Waals surface area contributed by atoms with Gasteiger partial charge < -0.3 is 38.5 Å². The van der Waals surface area contributed by atoms with Crippen molar-refractivity contribution in [1.29, 1.82) is 0 Å². The van der Waals surface area contributed by atoms with Crippen molar-refractivity contribution in [3.8, 4) is 0 Å². The number of nitrogens with zero attached hydrogens (tertiary/aromatic N) is 6. The molecular formula is C36H48N6O12. The molecule has 1 aromatic heterocycles. The fourth-order valence-corrected chi connectivity index (χ4v) is 5.13. The number of benzene rings is 1. The third-order valence-electron chi connectivity index (χ3n) is 8.54. The summed E-state index contributed by atoms with van der Waals surface area (Å²) in [5.74, 6) is -6.61. The van der Waals surface area contributed by atoms with E-state index in [1.54, 1.807) is 12.1 Å². The lowest BCUT2D eigenvalue weighted by molar-refractivity contribution is -0.167. The highest BCUT2D eigenvalue weighted by atomic mass is 16.6. The molecule has 294 valence electrons. The molecule has 0 saturated carbocycles. The molecule has 18 heteroatoms. The van der Waals surface area contributed by atoms with Crippen molar-refractivity contribution >= 4 is 47.5 Å².